The molecule has 1 aromatic heterocycles. The van der Waals surface area contributed by atoms with E-state index in [1.807, 2.05) is 49.2 Å². The van der Waals surface area contributed by atoms with E-state index in [1.165, 1.54) is 23.5 Å². The monoisotopic (exact) mass is 504 g/mol. The highest BCUT2D eigenvalue weighted by molar-refractivity contribution is 7.18. The molecule has 0 bridgehead atoms. The Kier molecular flexibility index (Phi) is 6.56. The topological polar surface area (TPSA) is 60.2 Å². The first-order valence-electron chi connectivity index (χ1n) is 12.1. The molecule has 36 heavy (non-hydrogen) atoms. The average Bonchev–Trinajstić information content (AvgIpc) is 3.32. The molecule has 1 atom stereocenters. The van der Waals surface area contributed by atoms with Crippen molar-refractivity contribution < 1.29 is 14.3 Å². The molecule has 2 aromatic carbocycles. The molecule has 0 spiro atoms. The van der Waals surface area contributed by atoms with Gasteiger partial charge in [0, 0.05) is 48.3 Å². The van der Waals surface area contributed by atoms with Crippen LogP contribution in [0.25, 0.3) is 26.4 Å². The second-order valence-electron chi connectivity index (χ2n) is 9.91. The standard InChI is InChI=1S/C28H29FN4O2S/c1-28(35)16-33(17-28)21-9-6-18(7-10-21)26-22(19-8-11-24(31-3)23(29)13-19)14-25(36-26)27(34)32-12-4-5-20(15-32)30-2/h6-11,13-14,20,30,35H,4-5,12,15-17H2,1-2H3. The average molecular weight is 505 g/mol. The summed E-state index contributed by atoms with van der Waals surface area (Å²) in [6.07, 6.45) is 2.00. The van der Waals surface area contributed by atoms with Gasteiger partial charge < -0.3 is 20.2 Å². The number of nitrogens with zero attached hydrogens (tertiary/aromatic N) is 3. The van der Waals surface area contributed by atoms with Crippen molar-refractivity contribution in [2.45, 2.75) is 31.4 Å². The second-order valence-corrected chi connectivity index (χ2v) is 11.0. The number of rotatable bonds is 5. The Bertz CT molecular complexity index is 1320. The van der Waals surface area contributed by atoms with Crippen molar-refractivity contribution in [1.29, 1.82) is 0 Å². The van der Waals surface area contributed by atoms with E-state index in [0.29, 0.717) is 30.1 Å². The van der Waals surface area contributed by atoms with Gasteiger partial charge >= 0.3 is 0 Å². The van der Waals surface area contributed by atoms with Gasteiger partial charge in [-0.2, -0.15) is 0 Å². The number of likely N-dealkylation sites (tertiary alicyclic amines) is 1. The number of anilines is 1. The molecule has 1 unspecified atom stereocenters. The number of hydrogen-bond donors (Lipinski definition) is 2. The normalized spacial score (nSPS) is 19.0. The lowest BCUT2D eigenvalue weighted by Gasteiger charge is -2.45. The van der Waals surface area contributed by atoms with E-state index in [9.17, 15) is 14.3 Å². The van der Waals surface area contributed by atoms with Crippen LogP contribution in [-0.4, -0.2) is 60.8 Å². The minimum Gasteiger partial charge on any atom is -0.386 e. The number of carbonyl (C=O) groups excluding carboxylic acids is 1. The van der Waals surface area contributed by atoms with Crippen LogP contribution in [0.2, 0.25) is 0 Å². The largest absolute Gasteiger partial charge is 0.386 e. The van der Waals surface area contributed by atoms with Crippen molar-refractivity contribution in [2.24, 2.45) is 0 Å². The molecule has 3 aromatic rings. The molecular formula is C28H29FN4O2S. The molecule has 186 valence electrons. The fourth-order valence-corrected chi connectivity index (χ4v) is 6.18. The number of carbonyl (C=O) groups is 1. The zero-order valence-electron chi connectivity index (χ0n) is 20.4. The van der Waals surface area contributed by atoms with E-state index in [0.717, 1.165) is 41.1 Å². The smallest absolute Gasteiger partial charge is 0.264 e. The predicted molar refractivity (Wildman–Crippen MR) is 142 cm³/mol. The molecule has 2 N–H and O–H groups in total. The number of thiophene rings is 1. The summed E-state index contributed by atoms with van der Waals surface area (Å²) in [4.78, 5) is 22.2. The molecule has 2 saturated heterocycles. The minimum atomic E-state index is -0.656. The van der Waals surface area contributed by atoms with Gasteiger partial charge in [-0.25, -0.2) is 9.24 Å². The summed E-state index contributed by atoms with van der Waals surface area (Å²) in [6, 6.07) is 14.8. The third-order valence-corrected chi connectivity index (χ3v) is 8.17. The first-order chi connectivity index (χ1) is 17.3. The summed E-state index contributed by atoms with van der Waals surface area (Å²) < 4.78 is 14.5. The first-order valence-corrected chi connectivity index (χ1v) is 12.9. The van der Waals surface area contributed by atoms with Crippen LogP contribution in [0.5, 0.6) is 0 Å². The number of β-amino-alcohol motifs (C(OH)–C–C–N with tert-alkyl or cyclic N) is 1. The van der Waals surface area contributed by atoms with Gasteiger partial charge in [0.05, 0.1) is 17.1 Å². The summed E-state index contributed by atoms with van der Waals surface area (Å²) in [7, 11) is 1.92. The van der Waals surface area contributed by atoms with Gasteiger partial charge in [-0.3, -0.25) is 4.79 Å². The first kappa shape index (κ1) is 24.4. The highest BCUT2D eigenvalue weighted by atomic mass is 32.1. The predicted octanol–water partition coefficient (Wildman–Crippen LogP) is 5.17. The number of aliphatic hydroxyl groups is 1. The Morgan fingerprint density at radius 1 is 1.19 bits per heavy atom. The highest BCUT2D eigenvalue weighted by Crippen LogP contribution is 2.42. The van der Waals surface area contributed by atoms with Gasteiger partial charge in [0.2, 0.25) is 5.69 Å². The minimum absolute atomic E-state index is 0.00914. The van der Waals surface area contributed by atoms with Crippen LogP contribution in [0, 0.1) is 12.4 Å². The fraction of sp³-hybridized carbons (Fsp3) is 0.357. The van der Waals surface area contributed by atoms with Crippen LogP contribution in [0.3, 0.4) is 0 Å². The summed E-state index contributed by atoms with van der Waals surface area (Å²) in [5.74, 6) is -0.578. The van der Waals surface area contributed by atoms with Gasteiger partial charge in [-0.15, -0.1) is 11.3 Å². The lowest BCUT2D eigenvalue weighted by Crippen LogP contribution is -2.60. The summed E-state index contributed by atoms with van der Waals surface area (Å²) in [6.45, 7) is 11.6. The van der Waals surface area contributed by atoms with Gasteiger partial charge in [0.25, 0.3) is 5.91 Å². The number of piperidine rings is 1. The lowest BCUT2D eigenvalue weighted by atomic mass is 9.95. The molecule has 0 aliphatic carbocycles. The number of amides is 1. The van der Waals surface area contributed by atoms with Crippen LogP contribution >= 0.6 is 11.3 Å². The van der Waals surface area contributed by atoms with Crippen molar-refractivity contribution in [3.8, 4) is 21.6 Å². The third-order valence-electron chi connectivity index (χ3n) is 7.00. The number of hydrogen-bond acceptors (Lipinski definition) is 5. The zero-order chi connectivity index (χ0) is 25.4. The van der Waals surface area contributed by atoms with E-state index in [-0.39, 0.29) is 17.6 Å². The van der Waals surface area contributed by atoms with E-state index in [4.69, 9.17) is 6.57 Å². The Balaban J connectivity index is 1.51. The zero-order valence-corrected chi connectivity index (χ0v) is 21.2. The summed E-state index contributed by atoms with van der Waals surface area (Å²) in [5, 5.41) is 13.3. The molecule has 2 fully saturated rings. The van der Waals surface area contributed by atoms with Crippen molar-refractivity contribution >= 4 is 28.6 Å². The van der Waals surface area contributed by atoms with Crippen LogP contribution < -0.4 is 10.2 Å². The van der Waals surface area contributed by atoms with Crippen molar-refractivity contribution in [3.05, 3.63) is 70.6 Å². The van der Waals surface area contributed by atoms with Crippen LogP contribution in [0.1, 0.15) is 29.4 Å². The Morgan fingerprint density at radius 2 is 1.92 bits per heavy atom. The van der Waals surface area contributed by atoms with Gasteiger partial charge in [0.1, 0.15) is 5.82 Å². The maximum Gasteiger partial charge on any atom is 0.264 e. The van der Waals surface area contributed by atoms with Crippen molar-refractivity contribution in [3.63, 3.8) is 0 Å². The van der Waals surface area contributed by atoms with Crippen LogP contribution in [0.15, 0.2) is 48.5 Å². The van der Waals surface area contributed by atoms with Gasteiger partial charge in [-0.1, -0.05) is 24.3 Å². The molecule has 5 rings (SSSR count). The molecule has 6 nitrogen and oxygen atoms in total. The number of halogens is 1. The molecule has 2 aliphatic heterocycles. The molecule has 0 radical (unpaired) electrons. The van der Waals surface area contributed by atoms with E-state index < -0.39 is 11.4 Å². The fourth-order valence-electron chi connectivity index (χ4n) is 5.03. The quantitative estimate of drug-likeness (QED) is 0.471. The summed E-state index contributed by atoms with van der Waals surface area (Å²) in [5.41, 5.74) is 2.70. The number of likely N-dealkylation sites (N-methyl/N-ethyl adjacent to an activating group) is 1. The lowest BCUT2D eigenvalue weighted by molar-refractivity contribution is 0.0310. The van der Waals surface area contributed by atoms with Crippen molar-refractivity contribution in [2.75, 3.05) is 38.1 Å². The van der Waals surface area contributed by atoms with Gasteiger partial charge in [0.15, 0.2) is 0 Å². The van der Waals surface area contributed by atoms with Crippen molar-refractivity contribution in [1.82, 2.24) is 10.2 Å². The van der Waals surface area contributed by atoms with Gasteiger partial charge in [-0.05, 0) is 62.2 Å². The molecular weight excluding hydrogens is 475 g/mol. The highest BCUT2D eigenvalue weighted by Gasteiger charge is 2.36. The Hall–Kier alpha value is -3.25. The molecule has 3 heterocycles. The SMILES string of the molecule is [C-]#[N+]c1ccc(-c2cc(C(=O)N3CCCC(NC)C3)sc2-c2ccc(N3CC(C)(O)C3)cc2)cc1F. The Labute approximate surface area is 214 Å². The molecule has 0 saturated carbocycles. The number of nitrogens with one attached hydrogen (secondary N) is 1. The maximum atomic E-state index is 14.5. The number of benzene rings is 2. The van der Waals surface area contributed by atoms with Crippen LogP contribution in [-0.2, 0) is 0 Å². The Morgan fingerprint density at radius 3 is 2.56 bits per heavy atom. The van der Waals surface area contributed by atoms with Crippen LogP contribution in [0.4, 0.5) is 15.8 Å². The molecule has 2 aliphatic rings. The molecule has 1 amide bonds. The molecule has 8 heteroatoms. The van der Waals surface area contributed by atoms with E-state index >= 15 is 0 Å². The van der Waals surface area contributed by atoms with E-state index in [1.54, 1.807) is 6.07 Å². The maximum absolute atomic E-state index is 14.5. The van der Waals surface area contributed by atoms with E-state index in [2.05, 4.69) is 15.1 Å². The third kappa shape index (κ3) is 4.74. The second kappa shape index (κ2) is 9.66. The summed E-state index contributed by atoms with van der Waals surface area (Å²) >= 11 is 1.42.